The van der Waals surface area contributed by atoms with Gasteiger partial charge in [-0.05, 0) is 76.8 Å². The van der Waals surface area contributed by atoms with Gasteiger partial charge in [0.1, 0.15) is 0 Å². The second-order valence-electron chi connectivity index (χ2n) is 8.95. The van der Waals surface area contributed by atoms with Gasteiger partial charge in [0.2, 0.25) is 0 Å². The van der Waals surface area contributed by atoms with Gasteiger partial charge in [-0.1, -0.05) is 82.8 Å². The van der Waals surface area contributed by atoms with E-state index in [0.717, 1.165) is 52.2 Å². The smallest absolute Gasteiger partial charge is 0.161 e. The summed E-state index contributed by atoms with van der Waals surface area (Å²) < 4.78 is 12.5. The summed E-state index contributed by atoms with van der Waals surface area (Å²) in [5, 5.41) is 0. The molecule has 3 aromatic rings. The fourth-order valence-corrected chi connectivity index (χ4v) is 3.50. The van der Waals surface area contributed by atoms with E-state index in [9.17, 15) is 0 Å². The average molecular weight is 427 g/mol. The highest BCUT2D eigenvalue weighted by Gasteiger charge is 2.17. The lowest BCUT2D eigenvalue weighted by Crippen LogP contribution is -2.06. The van der Waals surface area contributed by atoms with Crippen molar-refractivity contribution in [2.45, 2.75) is 40.5 Å². The molecule has 0 N–H and O–H groups in total. The SMILES string of the molecule is [CH]=Cc1cc[c]cc1-c1cc(OCCC(C)C)c(OCCC(C)C)cc1-c1ccccc1. The summed E-state index contributed by atoms with van der Waals surface area (Å²) in [6.07, 6.45) is 3.63. The summed E-state index contributed by atoms with van der Waals surface area (Å²) in [4.78, 5) is 0. The number of benzene rings is 3. The lowest BCUT2D eigenvalue weighted by Gasteiger charge is -2.20. The highest BCUT2D eigenvalue weighted by molar-refractivity contribution is 5.89. The molecule has 0 saturated heterocycles. The monoisotopic (exact) mass is 426 g/mol. The highest BCUT2D eigenvalue weighted by Crippen LogP contribution is 2.42. The summed E-state index contributed by atoms with van der Waals surface area (Å²) in [6, 6.07) is 23.6. The summed E-state index contributed by atoms with van der Waals surface area (Å²) >= 11 is 0. The molecule has 0 fully saturated rings. The van der Waals surface area contributed by atoms with Crippen molar-refractivity contribution in [2.75, 3.05) is 13.2 Å². The standard InChI is InChI=1S/C30H34O2/c1-6-24-12-10-11-15-26(24)28-21-30(32-19-17-23(4)5)29(31-18-16-22(2)3)20-27(28)25-13-8-7-9-14-25/h1,6-10,12-15,20-23H,16-19H2,2-5H3. The first-order chi connectivity index (χ1) is 15.5. The number of rotatable bonds is 11. The van der Waals surface area contributed by atoms with Gasteiger partial charge < -0.3 is 9.47 Å². The van der Waals surface area contributed by atoms with Crippen LogP contribution >= 0.6 is 0 Å². The van der Waals surface area contributed by atoms with Crippen LogP contribution in [0.1, 0.15) is 46.1 Å². The largest absolute Gasteiger partial charge is 0.490 e. The Morgan fingerprint density at radius 2 is 1.41 bits per heavy atom. The first-order valence-corrected chi connectivity index (χ1v) is 11.5. The molecule has 0 unspecified atom stereocenters. The Kier molecular flexibility index (Phi) is 8.56. The van der Waals surface area contributed by atoms with E-state index in [2.05, 4.69) is 70.2 Å². The molecule has 0 spiro atoms. The maximum absolute atomic E-state index is 6.26. The van der Waals surface area contributed by atoms with Crippen molar-refractivity contribution in [1.29, 1.82) is 0 Å². The van der Waals surface area contributed by atoms with Gasteiger partial charge in [-0.3, -0.25) is 0 Å². The number of hydrogen-bond donors (Lipinski definition) is 0. The van der Waals surface area contributed by atoms with E-state index in [1.807, 2.05) is 24.3 Å². The second-order valence-corrected chi connectivity index (χ2v) is 8.95. The zero-order chi connectivity index (χ0) is 22.9. The van der Waals surface area contributed by atoms with Crippen molar-refractivity contribution in [3.8, 4) is 33.8 Å². The molecule has 0 aliphatic rings. The van der Waals surface area contributed by atoms with Crippen LogP contribution in [0.2, 0.25) is 0 Å². The molecular formula is C30H34O2. The van der Waals surface area contributed by atoms with Crippen molar-refractivity contribution < 1.29 is 9.47 Å². The Morgan fingerprint density at radius 3 is 1.97 bits per heavy atom. The number of ether oxygens (including phenoxy) is 2. The second kappa shape index (κ2) is 11.6. The zero-order valence-corrected chi connectivity index (χ0v) is 19.7. The minimum absolute atomic E-state index is 0.575. The molecular weight excluding hydrogens is 392 g/mol. The Bertz CT molecular complexity index is 1000. The van der Waals surface area contributed by atoms with Crippen LogP contribution in [0.5, 0.6) is 11.5 Å². The van der Waals surface area contributed by atoms with Gasteiger partial charge in [-0.2, -0.15) is 0 Å². The molecule has 3 rings (SSSR count). The molecule has 2 heteroatoms. The molecule has 2 nitrogen and oxygen atoms in total. The molecule has 0 atom stereocenters. The lowest BCUT2D eigenvalue weighted by atomic mass is 9.91. The van der Waals surface area contributed by atoms with Crippen LogP contribution in [-0.2, 0) is 0 Å². The van der Waals surface area contributed by atoms with Gasteiger partial charge in [0, 0.05) is 0 Å². The van der Waals surface area contributed by atoms with Gasteiger partial charge in [0.25, 0.3) is 0 Å². The fraction of sp³-hybridized carbons (Fsp3) is 0.333. The molecule has 2 radical (unpaired) electrons. The minimum Gasteiger partial charge on any atom is -0.490 e. The predicted octanol–water partition coefficient (Wildman–Crippen LogP) is 8.12. The van der Waals surface area contributed by atoms with Crippen LogP contribution in [0.25, 0.3) is 28.3 Å². The Morgan fingerprint density at radius 1 is 0.812 bits per heavy atom. The van der Waals surface area contributed by atoms with Gasteiger partial charge >= 0.3 is 0 Å². The molecule has 3 aromatic carbocycles. The maximum Gasteiger partial charge on any atom is 0.161 e. The third-order valence-corrected chi connectivity index (χ3v) is 5.44. The molecule has 0 aliphatic heterocycles. The number of hydrogen-bond acceptors (Lipinski definition) is 2. The van der Waals surface area contributed by atoms with Crippen LogP contribution in [0.3, 0.4) is 0 Å². The topological polar surface area (TPSA) is 18.5 Å². The molecule has 166 valence electrons. The molecule has 0 bridgehead atoms. The van der Waals surface area contributed by atoms with Gasteiger partial charge in [0.15, 0.2) is 11.5 Å². The van der Waals surface area contributed by atoms with Crippen molar-refractivity contribution >= 4 is 6.08 Å². The van der Waals surface area contributed by atoms with E-state index < -0.39 is 0 Å². The van der Waals surface area contributed by atoms with Gasteiger partial charge in [-0.25, -0.2) is 0 Å². The molecule has 0 amide bonds. The van der Waals surface area contributed by atoms with Gasteiger partial charge in [0.05, 0.1) is 13.2 Å². The molecule has 0 saturated carbocycles. The minimum atomic E-state index is 0.575. The molecule has 32 heavy (non-hydrogen) atoms. The Balaban J connectivity index is 2.13. The van der Waals surface area contributed by atoms with E-state index in [4.69, 9.17) is 16.1 Å². The lowest BCUT2D eigenvalue weighted by molar-refractivity contribution is 0.247. The summed E-state index contributed by atoms with van der Waals surface area (Å²) in [5.41, 5.74) is 5.25. The van der Waals surface area contributed by atoms with Crippen molar-refractivity contribution in [3.63, 3.8) is 0 Å². The van der Waals surface area contributed by atoms with E-state index in [0.29, 0.717) is 25.0 Å². The van der Waals surface area contributed by atoms with E-state index in [-0.39, 0.29) is 0 Å². The predicted molar refractivity (Wildman–Crippen MR) is 135 cm³/mol. The van der Waals surface area contributed by atoms with Crippen LogP contribution in [0.4, 0.5) is 0 Å². The van der Waals surface area contributed by atoms with Crippen LogP contribution < -0.4 is 9.47 Å². The quantitative estimate of drug-likeness (QED) is 0.308. The van der Waals surface area contributed by atoms with Crippen LogP contribution in [0, 0.1) is 24.5 Å². The Hall–Kier alpha value is -3.00. The van der Waals surface area contributed by atoms with Crippen molar-refractivity contribution in [2.24, 2.45) is 11.8 Å². The highest BCUT2D eigenvalue weighted by atomic mass is 16.5. The van der Waals surface area contributed by atoms with Crippen LogP contribution in [-0.4, -0.2) is 13.2 Å². The average Bonchev–Trinajstić information content (AvgIpc) is 2.79. The van der Waals surface area contributed by atoms with E-state index in [1.165, 1.54) is 0 Å². The van der Waals surface area contributed by atoms with E-state index >= 15 is 0 Å². The van der Waals surface area contributed by atoms with Crippen molar-refractivity contribution in [3.05, 3.63) is 78.9 Å². The first kappa shape index (κ1) is 23.7. The van der Waals surface area contributed by atoms with Crippen LogP contribution in [0.15, 0.2) is 60.7 Å². The zero-order valence-electron chi connectivity index (χ0n) is 19.7. The summed E-state index contributed by atoms with van der Waals surface area (Å²) in [6.45, 7) is 16.1. The van der Waals surface area contributed by atoms with Crippen molar-refractivity contribution in [1.82, 2.24) is 0 Å². The molecule has 0 heterocycles. The third kappa shape index (κ3) is 6.26. The van der Waals surface area contributed by atoms with E-state index in [1.54, 1.807) is 6.08 Å². The fourth-order valence-electron chi connectivity index (χ4n) is 3.50. The third-order valence-electron chi connectivity index (χ3n) is 5.44. The maximum atomic E-state index is 6.26. The van der Waals surface area contributed by atoms with Gasteiger partial charge in [-0.15, -0.1) is 0 Å². The first-order valence-electron chi connectivity index (χ1n) is 11.5. The molecule has 0 aliphatic carbocycles. The summed E-state index contributed by atoms with van der Waals surface area (Å²) in [7, 11) is 0. The molecule has 0 aromatic heterocycles. The Labute approximate surface area is 193 Å². The summed E-state index contributed by atoms with van der Waals surface area (Å²) in [5.74, 6) is 2.72. The normalized spacial score (nSPS) is 11.1.